The summed E-state index contributed by atoms with van der Waals surface area (Å²) in [6.45, 7) is 3.85. The maximum atomic E-state index is 13.2. The fraction of sp³-hybridized carbons (Fsp3) is 0.231. The van der Waals surface area contributed by atoms with Crippen molar-refractivity contribution in [1.82, 2.24) is 24.6 Å². The summed E-state index contributed by atoms with van der Waals surface area (Å²) < 4.78 is 13.9. The molecule has 1 N–H and O–H groups in total. The van der Waals surface area contributed by atoms with Crippen LogP contribution in [-0.4, -0.2) is 44.9 Å². The Balaban J connectivity index is 1.58. The van der Waals surface area contributed by atoms with Crippen LogP contribution in [0.1, 0.15) is 50.8 Å². The monoisotopic (exact) mass is 473 g/mol. The minimum absolute atomic E-state index is 0.253. The molecule has 0 bridgehead atoms. The zero-order valence-electron chi connectivity index (χ0n) is 20.1. The number of methoxy groups -OCH3 is 1. The van der Waals surface area contributed by atoms with E-state index >= 15 is 0 Å². The van der Waals surface area contributed by atoms with Gasteiger partial charge in [-0.25, -0.2) is 14.5 Å². The van der Waals surface area contributed by atoms with Crippen molar-refractivity contribution in [2.24, 2.45) is 7.05 Å². The van der Waals surface area contributed by atoms with E-state index in [0.717, 1.165) is 11.3 Å². The zero-order valence-corrected chi connectivity index (χ0v) is 20.1. The van der Waals surface area contributed by atoms with Crippen molar-refractivity contribution < 1.29 is 19.1 Å². The van der Waals surface area contributed by atoms with Crippen LogP contribution in [0.25, 0.3) is 5.69 Å². The topological polar surface area (TPSA) is 100 Å². The number of nitrogens with one attached hydrogen (secondary N) is 1. The molecule has 0 spiro atoms. The van der Waals surface area contributed by atoms with Crippen LogP contribution < -0.4 is 10.1 Å². The molecule has 9 nitrogen and oxygen atoms in total. The molecule has 9 heteroatoms. The molecule has 35 heavy (non-hydrogen) atoms. The van der Waals surface area contributed by atoms with E-state index in [1.54, 1.807) is 56.1 Å². The van der Waals surface area contributed by atoms with Gasteiger partial charge in [0.15, 0.2) is 0 Å². The van der Waals surface area contributed by atoms with Crippen LogP contribution >= 0.6 is 0 Å². The van der Waals surface area contributed by atoms with Gasteiger partial charge in [-0.2, -0.15) is 5.10 Å². The highest BCUT2D eigenvalue weighted by Crippen LogP contribution is 2.25. The molecule has 0 aliphatic heterocycles. The van der Waals surface area contributed by atoms with Crippen LogP contribution in [0.4, 0.5) is 0 Å². The van der Waals surface area contributed by atoms with E-state index in [0.29, 0.717) is 35.0 Å². The molecule has 1 unspecified atom stereocenters. The molecule has 4 rings (SSSR count). The highest BCUT2D eigenvalue weighted by atomic mass is 16.5. The van der Waals surface area contributed by atoms with Crippen molar-refractivity contribution in [3.63, 3.8) is 0 Å². The molecule has 0 aliphatic rings. The van der Waals surface area contributed by atoms with Gasteiger partial charge in [-0.05, 0) is 55.8 Å². The second-order valence-electron chi connectivity index (χ2n) is 7.90. The molecule has 4 aromatic rings. The molecule has 180 valence electrons. The second-order valence-corrected chi connectivity index (χ2v) is 7.90. The number of aryl methyl sites for hydroxylation is 1. The molecule has 0 aliphatic carbocycles. The molecule has 0 fully saturated rings. The van der Waals surface area contributed by atoms with Gasteiger partial charge in [0, 0.05) is 25.0 Å². The van der Waals surface area contributed by atoms with Crippen LogP contribution in [0.2, 0.25) is 0 Å². The third-order valence-electron chi connectivity index (χ3n) is 5.70. The quantitative estimate of drug-likeness (QED) is 0.393. The Hall–Kier alpha value is -4.40. The molecular formula is C26H27N5O4. The van der Waals surface area contributed by atoms with E-state index in [2.05, 4.69) is 15.4 Å². The lowest BCUT2D eigenvalue weighted by atomic mass is 10.0. The Kier molecular flexibility index (Phi) is 6.96. The fourth-order valence-corrected chi connectivity index (χ4v) is 3.82. The predicted molar refractivity (Wildman–Crippen MR) is 130 cm³/mol. The summed E-state index contributed by atoms with van der Waals surface area (Å²) in [7, 11) is 3.49. The average Bonchev–Trinajstić information content (AvgIpc) is 3.48. The SMILES string of the molecule is CCOC(=O)c1cnn(-c2ccc(C(=O)NC(c3cccc(OC)c3)c3nccn3C)cc2)c1C. The molecule has 2 heterocycles. The number of carbonyl (C=O) groups is 2. The van der Waals surface area contributed by atoms with E-state index < -0.39 is 12.0 Å². The summed E-state index contributed by atoms with van der Waals surface area (Å²) in [5, 5.41) is 7.39. The molecule has 1 amide bonds. The van der Waals surface area contributed by atoms with E-state index in [1.807, 2.05) is 42.1 Å². The number of rotatable bonds is 8. The van der Waals surface area contributed by atoms with Crippen molar-refractivity contribution in [2.75, 3.05) is 13.7 Å². The van der Waals surface area contributed by atoms with E-state index in [9.17, 15) is 9.59 Å². The summed E-state index contributed by atoms with van der Waals surface area (Å²) >= 11 is 0. The number of benzene rings is 2. The summed E-state index contributed by atoms with van der Waals surface area (Å²) in [4.78, 5) is 29.7. The highest BCUT2D eigenvalue weighted by Gasteiger charge is 2.22. The van der Waals surface area contributed by atoms with Crippen LogP contribution in [0.3, 0.4) is 0 Å². The molecule has 2 aromatic carbocycles. The Morgan fingerprint density at radius 1 is 1.14 bits per heavy atom. The first-order chi connectivity index (χ1) is 16.9. The van der Waals surface area contributed by atoms with Crippen LogP contribution in [0.5, 0.6) is 5.75 Å². The number of imidazole rings is 1. The van der Waals surface area contributed by atoms with Gasteiger partial charge in [0.05, 0.1) is 31.3 Å². The van der Waals surface area contributed by atoms with E-state index in [1.165, 1.54) is 6.20 Å². The Bertz CT molecular complexity index is 1340. The summed E-state index contributed by atoms with van der Waals surface area (Å²) in [5.74, 6) is 0.723. The lowest BCUT2D eigenvalue weighted by Gasteiger charge is -2.20. The maximum absolute atomic E-state index is 13.2. The standard InChI is InChI=1S/C26H27N5O4/c1-5-35-26(33)22-16-28-31(17(22)2)20-11-9-18(10-12-20)25(32)29-23(24-27-13-14-30(24)3)19-7-6-8-21(15-19)34-4/h6-16,23H,5H2,1-4H3,(H,29,32). The summed E-state index contributed by atoms with van der Waals surface area (Å²) in [6, 6.07) is 14.1. The van der Waals surface area contributed by atoms with Crippen LogP contribution in [0.15, 0.2) is 67.1 Å². The number of aromatic nitrogens is 4. The smallest absolute Gasteiger partial charge is 0.341 e. The number of amides is 1. The normalized spacial score (nSPS) is 11.7. The Morgan fingerprint density at radius 3 is 2.57 bits per heavy atom. The minimum Gasteiger partial charge on any atom is -0.497 e. The van der Waals surface area contributed by atoms with Crippen molar-refractivity contribution in [3.05, 3.63) is 95.3 Å². The maximum Gasteiger partial charge on any atom is 0.341 e. The number of ether oxygens (including phenoxy) is 2. The second kappa shape index (κ2) is 10.3. The summed E-state index contributed by atoms with van der Waals surface area (Å²) in [5.41, 5.74) is 3.12. The minimum atomic E-state index is -0.474. The molecule has 1 atom stereocenters. The van der Waals surface area contributed by atoms with Gasteiger partial charge in [-0.3, -0.25) is 4.79 Å². The molecule has 0 radical (unpaired) electrons. The van der Waals surface area contributed by atoms with E-state index in [4.69, 9.17) is 9.47 Å². The molecule has 2 aromatic heterocycles. The zero-order chi connectivity index (χ0) is 24.9. The lowest BCUT2D eigenvalue weighted by Crippen LogP contribution is -2.31. The van der Waals surface area contributed by atoms with Gasteiger partial charge in [-0.15, -0.1) is 0 Å². The summed E-state index contributed by atoms with van der Waals surface area (Å²) in [6.07, 6.45) is 5.01. The highest BCUT2D eigenvalue weighted by molar-refractivity contribution is 5.95. The molecule has 0 saturated heterocycles. The van der Waals surface area contributed by atoms with Gasteiger partial charge >= 0.3 is 5.97 Å². The van der Waals surface area contributed by atoms with Crippen LogP contribution in [-0.2, 0) is 11.8 Å². The Labute approximate surface area is 203 Å². The number of carbonyl (C=O) groups excluding carboxylic acids is 2. The third kappa shape index (κ3) is 4.93. The van der Waals surface area contributed by atoms with E-state index in [-0.39, 0.29) is 5.91 Å². The van der Waals surface area contributed by atoms with Crippen molar-refractivity contribution in [1.29, 1.82) is 0 Å². The van der Waals surface area contributed by atoms with Gasteiger partial charge in [0.25, 0.3) is 5.91 Å². The Morgan fingerprint density at radius 2 is 1.91 bits per heavy atom. The number of hydrogen-bond acceptors (Lipinski definition) is 6. The largest absolute Gasteiger partial charge is 0.497 e. The number of esters is 1. The molecular weight excluding hydrogens is 446 g/mol. The van der Waals surface area contributed by atoms with Gasteiger partial charge < -0.3 is 19.4 Å². The van der Waals surface area contributed by atoms with Crippen molar-refractivity contribution >= 4 is 11.9 Å². The molecule has 0 saturated carbocycles. The van der Waals surface area contributed by atoms with Gasteiger partial charge in [-0.1, -0.05) is 12.1 Å². The predicted octanol–water partition coefficient (Wildman–Crippen LogP) is 3.62. The fourth-order valence-electron chi connectivity index (χ4n) is 3.82. The number of hydrogen-bond donors (Lipinski definition) is 1. The van der Waals surface area contributed by atoms with Crippen molar-refractivity contribution in [3.8, 4) is 11.4 Å². The number of nitrogens with zero attached hydrogens (tertiary/aromatic N) is 4. The lowest BCUT2D eigenvalue weighted by molar-refractivity contribution is 0.0525. The first-order valence-corrected chi connectivity index (χ1v) is 11.2. The van der Waals surface area contributed by atoms with Gasteiger partial charge in [0.2, 0.25) is 0 Å². The van der Waals surface area contributed by atoms with Crippen LogP contribution in [0, 0.1) is 6.92 Å². The van der Waals surface area contributed by atoms with Crippen molar-refractivity contribution in [2.45, 2.75) is 19.9 Å². The average molecular weight is 474 g/mol. The first-order valence-electron chi connectivity index (χ1n) is 11.2. The van der Waals surface area contributed by atoms with Gasteiger partial charge in [0.1, 0.15) is 23.2 Å². The third-order valence-corrected chi connectivity index (χ3v) is 5.70. The first kappa shape index (κ1) is 23.7.